The molecule has 1 N–H and O–H groups in total. The molecule has 1 aromatic rings. The SMILES string of the molecule is Cc1cn(C2=CCC3[C@@H]4CCC5=CC(=O)NCC[C@]5(C)[C@H]4CC[C@]23C)cn1. The van der Waals surface area contributed by atoms with Crippen LogP contribution in [0, 0.1) is 35.5 Å². The van der Waals surface area contributed by atoms with Crippen molar-refractivity contribution in [3.05, 3.63) is 35.9 Å². The monoisotopic (exact) mass is 365 g/mol. The molecule has 2 fully saturated rings. The number of carbonyl (C=O) groups is 1. The predicted octanol–water partition coefficient (Wildman–Crippen LogP) is 4.33. The second-order valence-electron chi connectivity index (χ2n) is 9.75. The van der Waals surface area contributed by atoms with Crippen LogP contribution < -0.4 is 5.32 Å². The van der Waals surface area contributed by atoms with E-state index in [0.29, 0.717) is 5.92 Å². The summed E-state index contributed by atoms with van der Waals surface area (Å²) in [5.74, 6) is 2.31. The number of allylic oxidation sites excluding steroid dienone is 3. The first-order valence-corrected chi connectivity index (χ1v) is 10.6. The van der Waals surface area contributed by atoms with Gasteiger partial charge in [-0.15, -0.1) is 0 Å². The van der Waals surface area contributed by atoms with E-state index in [9.17, 15) is 4.79 Å². The number of fused-ring (bicyclic) bond motifs is 5. The molecule has 0 saturated heterocycles. The number of imidazole rings is 1. The van der Waals surface area contributed by atoms with Gasteiger partial charge in [0, 0.05) is 29.9 Å². The Morgan fingerprint density at radius 2 is 2.04 bits per heavy atom. The third kappa shape index (κ3) is 2.41. The summed E-state index contributed by atoms with van der Waals surface area (Å²) in [5.41, 5.74) is 4.42. The van der Waals surface area contributed by atoms with Gasteiger partial charge in [0.2, 0.25) is 5.91 Å². The minimum absolute atomic E-state index is 0.119. The van der Waals surface area contributed by atoms with Crippen LogP contribution in [0.25, 0.3) is 5.70 Å². The van der Waals surface area contributed by atoms with Crippen LogP contribution in [-0.4, -0.2) is 22.0 Å². The Hall–Kier alpha value is -1.84. The average Bonchev–Trinajstić information content (AvgIpc) is 3.15. The van der Waals surface area contributed by atoms with E-state index in [1.807, 2.05) is 12.4 Å². The van der Waals surface area contributed by atoms with E-state index in [1.165, 1.54) is 37.0 Å². The van der Waals surface area contributed by atoms with Crippen LogP contribution in [-0.2, 0) is 4.79 Å². The van der Waals surface area contributed by atoms with Crippen molar-refractivity contribution in [1.82, 2.24) is 14.9 Å². The van der Waals surface area contributed by atoms with Gasteiger partial charge < -0.3 is 9.88 Å². The Morgan fingerprint density at radius 3 is 2.81 bits per heavy atom. The van der Waals surface area contributed by atoms with Gasteiger partial charge >= 0.3 is 0 Å². The molecule has 4 nitrogen and oxygen atoms in total. The van der Waals surface area contributed by atoms with Crippen molar-refractivity contribution in [3.8, 4) is 0 Å². The lowest BCUT2D eigenvalue weighted by Crippen LogP contribution is -2.49. The molecule has 4 heteroatoms. The highest BCUT2D eigenvalue weighted by Gasteiger charge is 2.57. The number of aromatic nitrogens is 2. The van der Waals surface area contributed by atoms with Crippen LogP contribution in [0.5, 0.6) is 0 Å². The average molecular weight is 366 g/mol. The number of hydrogen-bond acceptors (Lipinski definition) is 2. The van der Waals surface area contributed by atoms with Crippen LogP contribution in [0.2, 0.25) is 0 Å². The van der Waals surface area contributed by atoms with E-state index in [-0.39, 0.29) is 16.7 Å². The van der Waals surface area contributed by atoms with Crippen molar-refractivity contribution in [3.63, 3.8) is 0 Å². The molecule has 5 rings (SSSR count). The maximum Gasteiger partial charge on any atom is 0.243 e. The van der Waals surface area contributed by atoms with Crippen LogP contribution in [0.3, 0.4) is 0 Å². The molecule has 4 aliphatic rings. The normalized spacial score (nSPS) is 40.9. The number of carbonyl (C=O) groups excluding carboxylic acids is 1. The highest BCUT2D eigenvalue weighted by atomic mass is 16.1. The fourth-order valence-corrected chi connectivity index (χ4v) is 7.06. The number of rotatable bonds is 1. The highest BCUT2D eigenvalue weighted by Crippen LogP contribution is 2.65. The zero-order chi connectivity index (χ0) is 18.8. The van der Waals surface area contributed by atoms with Crippen LogP contribution in [0.15, 0.2) is 30.2 Å². The molecule has 144 valence electrons. The molecule has 3 aliphatic carbocycles. The Kier molecular flexibility index (Phi) is 3.73. The van der Waals surface area contributed by atoms with Crippen molar-refractivity contribution >= 4 is 11.6 Å². The third-order valence-electron chi connectivity index (χ3n) is 8.51. The zero-order valence-electron chi connectivity index (χ0n) is 16.8. The Morgan fingerprint density at radius 1 is 1.19 bits per heavy atom. The lowest BCUT2D eigenvalue weighted by Gasteiger charge is -2.56. The van der Waals surface area contributed by atoms with E-state index in [2.05, 4.69) is 47.9 Å². The molecule has 0 radical (unpaired) electrons. The first-order valence-electron chi connectivity index (χ1n) is 10.6. The fourth-order valence-electron chi connectivity index (χ4n) is 7.06. The van der Waals surface area contributed by atoms with Gasteiger partial charge in [0.15, 0.2) is 0 Å². The minimum Gasteiger partial charge on any atom is -0.353 e. The van der Waals surface area contributed by atoms with Crippen molar-refractivity contribution in [2.45, 2.75) is 59.3 Å². The topological polar surface area (TPSA) is 46.9 Å². The smallest absolute Gasteiger partial charge is 0.243 e. The Labute approximate surface area is 162 Å². The largest absolute Gasteiger partial charge is 0.353 e. The van der Waals surface area contributed by atoms with Gasteiger partial charge in [-0.25, -0.2) is 4.98 Å². The first kappa shape index (κ1) is 17.3. The molecule has 1 aliphatic heterocycles. The van der Waals surface area contributed by atoms with Gasteiger partial charge in [-0.1, -0.05) is 25.5 Å². The summed E-state index contributed by atoms with van der Waals surface area (Å²) in [6.45, 7) is 7.83. The standard InChI is InChI=1S/C23H31N3O/c1-15-13-26(14-25-15)20-7-6-18-17-5-4-16-12-21(27)24-11-10-22(16,2)19(17)8-9-23(18,20)3/h7,12-14,17-19H,4-6,8-11H2,1-3H3,(H,24,27)/t17-,18?,19-,22-,23-/m0/s1. The summed E-state index contributed by atoms with van der Waals surface area (Å²) in [7, 11) is 0. The highest BCUT2D eigenvalue weighted by molar-refractivity contribution is 5.88. The van der Waals surface area contributed by atoms with Crippen LogP contribution in [0.1, 0.15) is 58.1 Å². The van der Waals surface area contributed by atoms with Gasteiger partial charge in [-0.2, -0.15) is 0 Å². The maximum absolute atomic E-state index is 12.1. The van der Waals surface area contributed by atoms with Crippen molar-refractivity contribution in [1.29, 1.82) is 0 Å². The summed E-state index contributed by atoms with van der Waals surface area (Å²) in [6.07, 6.45) is 15.7. The van der Waals surface area contributed by atoms with Crippen LogP contribution >= 0.6 is 0 Å². The van der Waals surface area contributed by atoms with Gasteiger partial charge in [0.1, 0.15) is 0 Å². The molecule has 1 unspecified atom stereocenters. The van der Waals surface area contributed by atoms with Gasteiger partial charge in [0.05, 0.1) is 12.0 Å². The third-order valence-corrected chi connectivity index (χ3v) is 8.51. The molecule has 0 spiro atoms. The second-order valence-corrected chi connectivity index (χ2v) is 9.75. The molecule has 2 heterocycles. The molecule has 5 atom stereocenters. The van der Waals surface area contributed by atoms with E-state index in [1.54, 1.807) is 0 Å². The molecular weight excluding hydrogens is 334 g/mol. The number of nitrogens with zero attached hydrogens (tertiary/aromatic N) is 2. The van der Waals surface area contributed by atoms with Gasteiger partial charge in [0.25, 0.3) is 0 Å². The summed E-state index contributed by atoms with van der Waals surface area (Å²) < 4.78 is 2.28. The minimum atomic E-state index is 0.119. The number of nitrogens with one attached hydrogen (secondary N) is 1. The predicted molar refractivity (Wildman–Crippen MR) is 107 cm³/mol. The summed E-state index contributed by atoms with van der Waals surface area (Å²) in [4.78, 5) is 16.5. The Bertz CT molecular complexity index is 850. The second kappa shape index (κ2) is 5.83. The van der Waals surface area contributed by atoms with E-state index in [4.69, 9.17) is 0 Å². The van der Waals surface area contributed by atoms with Crippen molar-refractivity contribution in [2.75, 3.05) is 6.54 Å². The molecule has 0 bridgehead atoms. The number of amides is 1. The lowest BCUT2D eigenvalue weighted by atomic mass is 9.48. The maximum atomic E-state index is 12.1. The van der Waals surface area contributed by atoms with Gasteiger partial charge in [-0.05, 0) is 68.6 Å². The summed E-state index contributed by atoms with van der Waals surface area (Å²) in [5, 5.41) is 3.07. The number of hydrogen-bond donors (Lipinski definition) is 1. The first-order chi connectivity index (χ1) is 12.9. The number of aryl methyl sites for hydroxylation is 1. The lowest BCUT2D eigenvalue weighted by molar-refractivity contribution is -0.116. The molecule has 2 saturated carbocycles. The van der Waals surface area contributed by atoms with Crippen LogP contribution in [0.4, 0.5) is 0 Å². The molecule has 27 heavy (non-hydrogen) atoms. The zero-order valence-corrected chi connectivity index (χ0v) is 16.8. The fraction of sp³-hybridized carbons (Fsp3) is 0.652. The van der Waals surface area contributed by atoms with E-state index in [0.717, 1.165) is 36.9 Å². The molecule has 1 amide bonds. The molecular formula is C23H31N3O. The quantitative estimate of drug-likeness (QED) is 0.805. The van der Waals surface area contributed by atoms with E-state index >= 15 is 0 Å². The molecule has 1 aromatic heterocycles. The summed E-state index contributed by atoms with van der Waals surface area (Å²) in [6, 6.07) is 0. The molecule has 0 aromatic carbocycles. The Balaban J connectivity index is 1.48. The van der Waals surface area contributed by atoms with E-state index < -0.39 is 0 Å². The van der Waals surface area contributed by atoms with Crippen molar-refractivity contribution < 1.29 is 4.79 Å². The van der Waals surface area contributed by atoms with Gasteiger partial charge in [-0.3, -0.25) is 4.79 Å². The summed E-state index contributed by atoms with van der Waals surface area (Å²) >= 11 is 0. The van der Waals surface area contributed by atoms with Crippen molar-refractivity contribution in [2.24, 2.45) is 28.6 Å².